The van der Waals surface area contributed by atoms with Gasteiger partial charge in [0.1, 0.15) is 17.7 Å². The third-order valence-electron chi connectivity index (χ3n) is 7.60. The number of carbonyl (C=O) groups excluding carboxylic acids is 3. The standard InChI is InChI=1S/C23H27F2N3O4/c24-17-9-14(10-18(25)20(17)16-1-2-19(29)26-21(16)30)28-11-15(12-28)32-22(31)27-23-6-3-13(4-7-23)5-8-23/h9-10,13,15-16H,1-8,11-12H2,(H,27,31)(H,26,29,30). The minimum Gasteiger partial charge on any atom is -0.442 e. The molecule has 1 unspecified atom stereocenters. The van der Waals surface area contributed by atoms with Gasteiger partial charge in [0.25, 0.3) is 0 Å². The first kappa shape index (κ1) is 21.2. The van der Waals surface area contributed by atoms with Gasteiger partial charge >= 0.3 is 6.09 Å². The first-order valence-electron chi connectivity index (χ1n) is 11.4. The number of nitrogens with one attached hydrogen (secondary N) is 2. The number of carbonyl (C=O) groups is 3. The molecule has 0 aromatic heterocycles. The topological polar surface area (TPSA) is 87.7 Å². The number of rotatable bonds is 4. The van der Waals surface area contributed by atoms with Gasteiger partial charge in [-0.15, -0.1) is 0 Å². The van der Waals surface area contributed by atoms with Gasteiger partial charge in [0.2, 0.25) is 11.8 Å². The summed E-state index contributed by atoms with van der Waals surface area (Å²) in [5.74, 6) is -2.97. The van der Waals surface area contributed by atoms with Crippen molar-refractivity contribution < 1.29 is 27.9 Å². The summed E-state index contributed by atoms with van der Waals surface area (Å²) in [4.78, 5) is 37.4. The molecule has 2 bridgehead atoms. The van der Waals surface area contributed by atoms with Gasteiger partial charge < -0.3 is 15.0 Å². The zero-order valence-corrected chi connectivity index (χ0v) is 17.8. The van der Waals surface area contributed by atoms with E-state index in [4.69, 9.17) is 4.74 Å². The summed E-state index contributed by atoms with van der Waals surface area (Å²) < 4.78 is 34.9. The predicted octanol–water partition coefficient (Wildman–Crippen LogP) is 3.12. The molecule has 5 fully saturated rings. The molecule has 9 heteroatoms. The molecular formula is C23H27F2N3O4. The monoisotopic (exact) mass is 447 g/mol. The number of benzene rings is 1. The van der Waals surface area contributed by atoms with E-state index in [0.717, 1.165) is 44.4 Å². The normalized spacial score (nSPS) is 30.0. The van der Waals surface area contributed by atoms with E-state index >= 15 is 0 Å². The van der Waals surface area contributed by atoms with Crippen LogP contribution in [0, 0.1) is 17.6 Å². The zero-order chi connectivity index (χ0) is 22.5. The molecule has 1 atom stereocenters. The first-order chi connectivity index (χ1) is 15.3. The van der Waals surface area contributed by atoms with Crippen molar-refractivity contribution in [2.45, 2.75) is 68.9 Å². The van der Waals surface area contributed by atoms with Crippen LogP contribution < -0.4 is 15.5 Å². The van der Waals surface area contributed by atoms with E-state index in [1.165, 1.54) is 12.1 Å². The molecular weight excluding hydrogens is 420 g/mol. The van der Waals surface area contributed by atoms with Crippen LogP contribution in [-0.4, -0.2) is 42.6 Å². The molecule has 2 heterocycles. The van der Waals surface area contributed by atoms with Crippen LogP contribution in [0.5, 0.6) is 0 Å². The Kier molecular flexibility index (Phi) is 5.29. The van der Waals surface area contributed by atoms with Crippen molar-refractivity contribution in [3.63, 3.8) is 0 Å². The Morgan fingerprint density at radius 3 is 2.28 bits per heavy atom. The van der Waals surface area contributed by atoms with Crippen LogP contribution in [0.1, 0.15) is 62.8 Å². The van der Waals surface area contributed by atoms with Crippen LogP contribution in [0.2, 0.25) is 0 Å². The van der Waals surface area contributed by atoms with Crippen molar-refractivity contribution in [2.75, 3.05) is 18.0 Å². The Bertz CT molecular complexity index is 918. The van der Waals surface area contributed by atoms with Gasteiger partial charge in [0, 0.05) is 23.2 Å². The van der Waals surface area contributed by atoms with Crippen LogP contribution in [0.15, 0.2) is 12.1 Å². The largest absolute Gasteiger partial charge is 0.442 e. The number of halogens is 2. The highest BCUT2D eigenvalue weighted by Crippen LogP contribution is 2.44. The third kappa shape index (κ3) is 3.93. The second-order valence-corrected chi connectivity index (χ2v) is 9.65. The smallest absolute Gasteiger partial charge is 0.407 e. The Hall–Kier alpha value is -2.71. The summed E-state index contributed by atoms with van der Waals surface area (Å²) in [5, 5.41) is 5.21. The lowest BCUT2D eigenvalue weighted by molar-refractivity contribution is -0.134. The van der Waals surface area contributed by atoms with E-state index in [1.807, 2.05) is 0 Å². The third-order valence-corrected chi connectivity index (χ3v) is 7.60. The fourth-order valence-electron chi connectivity index (χ4n) is 5.61. The van der Waals surface area contributed by atoms with Gasteiger partial charge in [-0.3, -0.25) is 14.9 Å². The number of fused-ring (bicyclic) bond motifs is 3. The molecule has 1 aromatic carbocycles. The molecule has 7 nitrogen and oxygen atoms in total. The number of alkyl carbamates (subject to hydrolysis) is 1. The highest BCUT2D eigenvalue weighted by atomic mass is 19.1. The number of imide groups is 1. The van der Waals surface area contributed by atoms with Crippen molar-refractivity contribution >= 4 is 23.6 Å². The fraction of sp³-hybridized carbons (Fsp3) is 0.609. The summed E-state index contributed by atoms with van der Waals surface area (Å²) in [7, 11) is 0. The summed E-state index contributed by atoms with van der Waals surface area (Å²) in [6.07, 6.45) is 5.84. The number of hydrogen-bond acceptors (Lipinski definition) is 5. The second-order valence-electron chi connectivity index (χ2n) is 9.65. The lowest BCUT2D eigenvalue weighted by Crippen LogP contribution is -2.58. The Labute approximate surface area is 184 Å². The molecule has 3 saturated carbocycles. The van der Waals surface area contributed by atoms with Gasteiger partial charge in [-0.05, 0) is 63.0 Å². The van der Waals surface area contributed by atoms with Crippen LogP contribution >= 0.6 is 0 Å². The average molecular weight is 447 g/mol. The molecule has 1 aromatic rings. The lowest BCUT2D eigenvalue weighted by Gasteiger charge is -2.47. The molecule has 32 heavy (non-hydrogen) atoms. The van der Waals surface area contributed by atoms with E-state index in [1.54, 1.807) is 4.90 Å². The van der Waals surface area contributed by atoms with Gasteiger partial charge in [-0.2, -0.15) is 0 Å². The molecule has 0 radical (unpaired) electrons. The summed E-state index contributed by atoms with van der Waals surface area (Å²) in [6.45, 7) is 0.693. The summed E-state index contributed by atoms with van der Waals surface area (Å²) in [6, 6.07) is 2.38. The van der Waals surface area contributed by atoms with Crippen molar-refractivity contribution in [1.29, 1.82) is 0 Å². The molecule has 5 aliphatic rings. The number of piperidine rings is 1. The van der Waals surface area contributed by atoms with E-state index in [9.17, 15) is 23.2 Å². The highest BCUT2D eigenvalue weighted by Gasteiger charge is 2.42. The van der Waals surface area contributed by atoms with Crippen molar-refractivity contribution in [1.82, 2.24) is 10.6 Å². The molecule has 6 rings (SSSR count). The quantitative estimate of drug-likeness (QED) is 0.693. The lowest BCUT2D eigenvalue weighted by atomic mass is 9.66. The molecule has 2 N–H and O–H groups in total. The predicted molar refractivity (Wildman–Crippen MR) is 111 cm³/mol. The van der Waals surface area contributed by atoms with Gasteiger partial charge in [-0.1, -0.05) is 0 Å². The van der Waals surface area contributed by atoms with E-state index in [-0.39, 0.29) is 30.0 Å². The van der Waals surface area contributed by atoms with E-state index in [2.05, 4.69) is 10.6 Å². The van der Waals surface area contributed by atoms with Crippen LogP contribution in [0.3, 0.4) is 0 Å². The van der Waals surface area contributed by atoms with Crippen LogP contribution in [0.25, 0.3) is 0 Å². The molecule has 3 amide bonds. The second kappa shape index (κ2) is 8.01. The van der Waals surface area contributed by atoms with E-state index < -0.39 is 35.5 Å². The summed E-state index contributed by atoms with van der Waals surface area (Å²) >= 11 is 0. The first-order valence-corrected chi connectivity index (χ1v) is 11.4. The Balaban J connectivity index is 1.17. The van der Waals surface area contributed by atoms with Gasteiger partial charge in [0.15, 0.2) is 0 Å². The van der Waals surface area contributed by atoms with Crippen LogP contribution in [-0.2, 0) is 14.3 Å². The zero-order valence-electron chi connectivity index (χ0n) is 17.8. The maximum Gasteiger partial charge on any atom is 0.407 e. The summed E-state index contributed by atoms with van der Waals surface area (Å²) in [5.41, 5.74) is -0.110. The number of amides is 3. The fourth-order valence-corrected chi connectivity index (χ4v) is 5.61. The minimum atomic E-state index is -1.02. The highest BCUT2D eigenvalue weighted by molar-refractivity contribution is 6.01. The SMILES string of the molecule is O=C1CCC(c2c(F)cc(N3CC(OC(=O)NC45CCC(CC4)CC5)C3)cc2F)C(=O)N1. The van der Waals surface area contributed by atoms with Crippen molar-refractivity contribution in [3.8, 4) is 0 Å². The molecule has 3 aliphatic carbocycles. The molecule has 172 valence electrons. The number of nitrogens with zero attached hydrogens (tertiary/aromatic N) is 1. The maximum absolute atomic E-state index is 14.7. The average Bonchev–Trinajstić information content (AvgIpc) is 2.72. The van der Waals surface area contributed by atoms with Crippen molar-refractivity contribution in [3.05, 3.63) is 29.3 Å². The Morgan fingerprint density at radius 1 is 1.06 bits per heavy atom. The molecule has 2 saturated heterocycles. The van der Waals surface area contributed by atoms with Gasteiger partial charge in [-0.25, -0.2) is 13.6 Å². The number of hydrogen-bond donors (Lipinski definition) is 2. The maximum atomic E-state index is 14.7. The number of ether oxygens (including phenoxy) is 1. The van der Waals surface area contributed by atoms with Crippen molar-refractivity contribution in [2.24, 2.45) is 5.92 Å². The van der Waals surface area contributed by atoms with Crippen LogP contribution in [0.4, 0.5) is 19.3 Å². The number of anilines is 1. The Morgan fingerprint density at radius 2 is 1.69 bits per heavy atom. The molecule has 2 aliphatic heterocycles. The minimum absolute atomic E-state index is 0.0477. The molecule has 0 spiro atoms. The van der Waals surface area contributed by atoms with Gasteiger partial charge in [0.05, 0.1) is 19.0 Å². The van der Waals surface area contributed by atoms with E-state index in [0.29, 0.717) is 18.8 Å².